The first-order chi connectivity index (χ1) is 16.3. The molecule has 1 aliphatic carbocycles. The molecule has 0 heterocycles. The van der Waals surface area contributed by atoms with Crippen LogP contribution in [0.4, 0.5) is 0 Å². The van der Waals surface area contributed by atoms with Crippen LogP contribution in [0, 0.1) is 5.92 Å². The van der Waals surface area contributed by atoms with Crippen LogP contribution in [0.3, 0.4) is 0 Å². The summed E-state index contributed by atoms with van der Waals surface area (Å²) in [4.78, 5) is 23.6. The second kappa shape index (κ2) is 12.8. The Bertz CT molecular complexity index is 998. The number of aliphatic hydroxyl groups excluding tert-OH is 1. The normalized spacial score (nSPS) is 22.4. The molecule has 1 saturated carbocycles. The molecule has 1 fully saturated rings. The van der Waals surface area contributed by atoms with E-state index in [1.54, 1.807) is 24.8 Å². The van der Waals surface area contributed by atoms with E-state index in [-0.39, 0.29) is 29.3 Å². The number of thioether (sulfide) groups is 2. The average molecular weight is 503 g/mol. The van der Waals surface area contributed by atoms with Gasteiger partial charge in [0.25, 0.3) is 0 Å². The van der Waals surface area contributed by atoms with Crippen molar-refractivity contribution >= 4 is 46.0 Å². The Hall–Kier alpha value is -1.80. The number of Topliss-reactive ketones (excluding diaryl/α,β-unsaturated/α-hetero) is 1. The molecule has 0 amide bonds. The zero-order valence-electron chi connectivity index (χ0n) is 19.8. The lowest BCUT2D eigenvalue weighted by Crippen LogP contribution is -2.25. The lowest BCUT2D eigenvalue weighted by atomic mass is 9.92. The maximum atomic E-state index is 12.5. The topological polar surface area (TPSA) is 83.8 Å². The minimum absolute atomic E-state index is 0.0600. The van der Waals surface area contributed by atoms with E-state index in [9.17, 15) is 19.8 Å². The molecule has 3 rings (SSSR count). The third-order valence-corrected chi connectivity index (χ3v) is 8.64. The largest absolute Gasteiger partial charge is 0.468 e. The minimum atomic E-state index is -1.04. The van der Waals surface area contributed by atoms with E-state index in [0.29, 0.717) is 12.2 Å². The number of carbonyl (C=O) groups is 2. The molecule has 2 aromatic carbocycles. The maximum absolute atomic E-state index is 12.5. The second-order valence-corrected chi connectivity index (χ2v) is 11.3. The Morgan fingerprint density at radius 1 is 1.21 bits per heavy atom. The van der Waals surface area contributed by atoms with Crippen LogP contribution in [-0.4, -0.2) is 63.3 Å². The van der Waals surface area contributed by atoms with Gasteiger partial charge in [-0.1, -0.05) is 54.6 Å². The maximum Gasteiger partial charge on any atom is 0.315 e. The lowest BCUT2D eigenvalue weighted by molar-refractivity contribution is -0.137. The van der Waals surface area contributed by atoms with Gasteiger partial charge in [-0.05, 0) is 54.0 Å². The molecule has 0 unspecified atom stereocenters. The molecule has 2 aromatic rings. The predicted molar refractivity (Wildman–Crippen MR) is 141 cm³/mol. The van der Waals surface area contributed by atoms with Crippen LogP contribution in [0.2, 0.25) is 0 Å². The van der Waals surface area contributed by atoms with Gasteiger partial charge in [0.1, 0.15) is 5.78 Å². The van der Waals surface area contributed by atoms with E-state index in [0.717, 1.165) is 24.3 Å². The highest BCUT2D eigenvalue weighted by Gasteiger charge is 2.40. The van der Waals surface area contributed by atoms with Crippen LogP contribution in [0.25, 0.3) is 10.8 Å². The van der Waals surface area contributed by atoms with Gasteiger partial charge in [0.2, 0.25) is 0 Å². The van der Waals surface area contributed by atoms with Gasteiger partial charge in [-0.15, -0.1) is 11.8 Å². The molecule has 0 radical (unpaired) electrons. The van der Waals surface area contributed by atoms with Gasteiger partial charge in [0.05, 0.1) is 29.8 Å². The number of hydrogen-bond acceptors (Lipinski definition) is 7. The fourth-order valence-electron chi connectivity index (χ4n) is 4.19. The zero-order chi connectivity index (χ0) is 24.6. The molecule has 2 N–H and O–H groups in total. The quantitative estimate of drug-likeness (QED) is 0.252. The van der Waals surface area contributed by atoms with Gasteiger partial charge in [0, 0.05) is 12.3 Å². The third kappa shape index (κ3) is 7.60. The first-order valence-electron chi connectivity index (χ1n) is 11.7. The Morgan fingerprint density at radius 3 is 2.76 bits per heavy atom. The van der Waals surface area contributed by atoms with Crippen molar-refractivity contribution in [2.75, 3.05) is 24.4 Å². The van der Waals surface area contributed by atoms with Crippen molar-refractivity contribution in [3.63, 3.8) is 0 Å². The number of esters is 1. The van der Waals surface area contributed by atoms with Crippen LogP contribution in [0.1, 0.15) is 31.7 Å². The van der Waals surface area contributed by atoms with Gasteiger partial charge >= 0.3 is 5.97 Å². The van der Waals surface area contributed by atoms with E-state index in [1.807, 2.05) is 24.3 Å². The predicted octanol–water partition coefficient (Wildman–Crippen LogP) is 4.43. The molecule has 34 heavy (non-hydrogen) atoms. The van der Waals surface area contributed by atoms with Crippen LogP contribution < -0.4 is 0 Å². The summed E-state index contributed by atoms with van der Waals surface area (Å²) in [5, 5.41) is 23.5. The van der Waals surface area contributed by atoms with E-state index >= 15 is 0 Å². The monoisotopic (exact) mass is 502 g/mol. The number of methoxy groups -OCH3 is 1. The number of carbonyl (C=O) groups excluding carboxylic acids is 2. The standard InChI is InChI=1S/C27H34O5S2/c1-27(31,13-11-20-9-5-8-19-7-3-4-10-21(19)20)14-12-22-23(28)17-24(29)26(22)34-16-6-15-33-18-25(30)32-2/h3-5,7-10,12,14,22-23,26,28,31H,6,11,13,15-18H2,1-2H3/t22-,23+,26+,27-/m0/s1. The molecular weight excluding hydrogens is 468 g/mol. The Labute approximate surface area is 210 Å². The molecule has 0 bridgehead atoms. The van der Waals surface area contributed by atoms with Gasteiger partial charge in [0.15, 0.2) is 0 Å². The van der Waals surface area contributed by atoms with E-state index in [4.69, 9.17) is 0 Å². The van der Waals surface area contributed by atoms with Crippen molar-refractivity contribution < 1.29 is 24.5 Å². The summed E-state index contributed by atoms with van der Waals surface area (Å²) in [6.45, 7) is 1.78. The SMILES string of the molecule is COC(=O)CSCCCS[C@H]1C(=O)C[C@@H](O)[C@@H]1C=C[C@@](C)(O)CCc1cccc2ccccc12. The molecule has 0 aliphatic heterocycles. The van der Waals surface area contributed by atoms with Crippen molar-refractivity contribution in [1.82, 2.24) is 0 Å². The number of rotatable bonds is 12. The molecule has 4 atom stereocenters. The summed E-state index contributed by atoms with van der Waals surface area (Å²) in [5.74, 6) is 1.45. The summed E-state index contributed by atoms with van der Waals surface area (Å²) in [7, 11) is 1.38. The summed E-state index contributed by atoms with van der Waals surface area (Å²) in [6.07, 6.45) is 5.17. The summed E-state index contributed by atoms with van der Waals surface area (Å²) in [6, 6.07) is 14.5. The van der Waals surface area contributed by atoms with Crippen molar-refractivity contribution in [2.45, 2.75) is 49.6 Å². The number of fused-ring (bicyclic) bond motifs is 1. The number of aliphatic hydroxyl groups is 2. The summed E-state index contributed by atoms with van der Waals surface area (Å²) in [5.41, 5.74) is 0.156. The second-order valence-electron chi connectivity index (χ2n) is 8.94. The number of benzene rings is 2. The van der Waals surface area contributed by atoms with Gasteiger partial charge in [-0.3, -0.25) is 9.59 Å². The number of aryl methyl sites for hydroxylation is 1. The van der Waals surface area contributed by atoms with Crippen LogP contribution in [0.5, 0.6) is 0 Å². The first-order valence-corrected chi connectivity index (χ1v) is 13.9. The Balaban J connectivity index is 1.53. The van der Waals surface area contributed by atoms with Gasteiger partial charge in [-0.25, -0.2) is 0 Å². The molecule has 1 aliphatic rings. The van der Waals surface area contributed by atoms with Crippen LogP contribution >= 0.6 is 23.5 Å². The van der Waals surface area contributed by atoms with Crippen molar-refractivity contribution in [2.24, 2.45) is 5.92 Å². The Morgan fingerprint density at radius 2 is 1.97 bits per heavy atom. The van der Waals surface area contributed by atoms with E-state index in [2.05, 4.69) is 29.0 Å². The summed E-state index contributed by atoms with van der Waals surface area (Å²) < 4.78 is 4.63. The van der Waals surface area contributed by atoms with E-state index < -0.39 is 11.7 Å². The molecule has 184 valence electrons. The fourth-order valence-corrected chi connectivity index (χ4v) is 6.50. The van der Waals surface area contributed by atoms with Crippen molar-refractivity contribution in [3.8, 4) is 0 Å². The molecule has 0 aromatic heterocycles. The Kier molecular flexibility index (Phi) is 10.1. The molecular formula is C27H34O5S2. The fraction of sp³-hybridized carbons (Fsp3) is 0.481. The lowest BCUT2D eigenvalue weighted by Gasteiger charge is -2.22. The van der Waals surface area contributed by atoms with Gasteiger partial charge < -0.3 is 14.9 Å². The van der Waals surface area contributed by atoms with Crippen molar-refractivity contribution in [3.05, 3.63) is 60.2 Å². The van der Waals surface area contributed by atoms with Crippen LogP contribution in [0.15, 0.2) is 54.6 Å². The molecule has 0 saturated heterocycles. The highest BCUT2D eigenvalue weighted by atomic mass is 32.2. The van der Waals surface area contributed by atoms with Crippen LogP contribution in [-0.2, 0) is 20.7 Å². The average Bonchev–Trinajstić information content (AvgIpc) is 3.10. The first kappa shape index (κ1) is 26.8. The molecule has 7 heteroatoms. The van der Waals surface area contributed by atoms with Crippen molar-refractivity contribution in [1.29, 1.82) is 0 Å². The summed E-state index contributed by atoms with van der Waals surface area (Å²) >= 11 is 3.08. The molecule has 5 nitrogen and oxygen atoms in total. The minimum Gasteiger partial charge on any atom is -0.468 e. The van der Waals surface area contributed by atoms with Gasteiger partial charge in [-0.2, -0.15) is 11.8 Å². The highest BCUT2D eigenvalue weighted by Crippen LogP contribution is 2.35. The zero-order valence-corrected chi connectivity index (χ0v) is 21.4. The third-order valence-electron chi connectivity index (χ3n) is 6.16. The number of ketones is 1. The van der Waals surface area contributed by atoms with E-state index in [1.165, 1.54) is 35.2 Å². The smallest absolute Gasteiger partial charge is 0.315 e. The number of ether oxygens (including phenoxy) is 1. The molecule has 0 spiro atoms. The highest BCUT2D eigenvalue weighted by molar-refractivity contribution is 8.01. The number of hydrogen-bond donors (Lipinski definition) is 2.